The molecule has 12 heteroatoms. The van der Waals surface area contributed by atoms with Gasteiger partial charge in [-0.15, -0.1) is 10.2 Å². The first kappa shape index (κ1) is 29.7. The minimum Gasteiger partial charge on any atom is -0.494 e. The van der Waals surface area contributed by atoms with Gasteiger partial charge < -0.3 is 15.2 Å². The molecule has 1 aliphatic rings. The standard InChI is InChI=1S/C30H34F4N6O2/c1-5-29(3,4)18(2)41-12-13-42-25-15-24-19(14-22(25)31)6-8-23(36-24)28-38-37-26-9-7-20(16-40(26)28)27(30(32,33)34)39-11-10-21(35)17-39/h6-9,14-16,21,27H,2,5,10-13,17,35H2,1,3-4H3/t21-,27+/m0/s1. The van der Waals surface area contributed by atoms with Crippen LogP contribution in [0.1, 0.15) is 45.2 Å². The van der Waals surface area contributed by atoms with Gasteiger partial charge in [-0.1, -0.05) is 39.5 Å². The van der Waals surface area contributed by atoms with Gasteiger partial charge in [0.1, 0.15) is 24.9 Å². The van der Waals surface area contributed by atoms with E-state index in [1.54, 1.807) is 12.1 Å². The molecular weight excluding hydrogens is 552 g/mol. The van der Waals surface area contributed by atoms with E-state index in [0.29, 0.717) is 34.4 Å². The minimum absolute atomic E-state index is 0.00124. The van der Waals surface area contributed by atoms with Crippen LogP contribution in [0.3, 0.4) is 0 Å². The molecule has 3 aromatic heterocycles. The van der Waals surface area contributed by atoms with Crippen LogP contribution in [0.4, 0.5) is 17.6 Å². The lowest BCUT2D eigenvalue weighted by Gasteiger charge is -2.30. The zero-order chi connectivity index (χ0) is 30.2. The lowest BCUT2D eigenvalue weighted by Crippen LogP contribution is -2.38. The molecule has 224 valence electrons. The fourth-order valence-electron chi connectivity index (χ4n) is 4.97. The molecule has 1 aliphatic heterocycles. The lowest BCUT2D eigenvalue weighted by atomic mass is 9.88. The van der Waals surface area contributed by atoms with Crippen LogP contribution in [-0.2, 0) is 4.74 Å². The van der Waals surface area contributed by atoms with Crippen LogP contribution in [0.25, 0.3) is 28.1 Å². The van der Waals surface area contributed by atoms with Gasteiger partial charge in [0.2, 0.25) is 0 Å². The van der Waals surface area contributed by atoms with Crippen LogP contribution in [0.2, 0.25) is 0 Å². The summed E-state index contributed by atoms with van der Waals surface area (Å²) in [7, 11) is 0. The minimum atomic E-state index is -4.50. The quantitative estimate of drug-likeness (QED) is 0.137. The average Bonchev–Trinajstić information content (AvgIpc) is 3.56. The summed E-state index contributed by atoms with van der Waals surface area (Å²) in [5, 5.41) is 8.84. The molecule has 1 aromatic carbocycles. The molecule has 8 nitrogen and oxygen atoms in total. The molecule has 2 N–H and O–H groups in total. The van der Waals surface area contributed by atoms with E-state index in [9.17, 15) is 17.6 Å². The summed E-state index contributed by atoms with van der Waals surface area (Å²) in [6.45, 7) is 10.8. The summed E-state index contributed by atoms with van der Waals surface area (Å²) in [6, 6.07) is 6.89. The van der Waals surface area contributed by atoms with Gasteiger partial charge in [-0.05, 0) is 36.6 Å². The number of nitrogens with two attached hydrogens (primary N) is 1. The fraction of sp³-hybridized carbons (Fsp3) is 0.433. The highest BCUT2D eigenvalue weighted by atomic mass is 19.4. The number of alkyl halides is 3. The van der Waals surface area contributed by atoms with Gasteiger partial charge >= 0.3 is 6.18 Å². The summed E-state index contributed by atoms with van der Waals surface area (Å²) < 4.78 is 70.2. The van der Waals surface area contributed by atoms with E-state index in [1.165, 1.54) is 39.8 Å². The number of rotatable bonds is 10. The van der Waals surface area contributed by atoms with Gasteiger partial charge in [-0.3, -0.25) is 9.30 Å². The molecule has 0 bridgehead atoms. The summed E-state index contributed by atoms with van der Waals surface area (Å²) in [5.74, 6) is 0.335. The maximum Gasteiger partial charge on any atom is 0.408 e. The number of pyridine rings is 2. The molecule has 0 aliphatic carbocycles. The number of allylic oxidation sites excluding steroid dienone is 1. The van der Waals surface area contributed by atoms with E-state index in [-0.39, 0.29) is 54.9 Å². The molecule has 42 heavy (non-hydrogen) atoms. The highest BCUT2D eigenvalue weighted by Gasteiger charge is 2.46. The SMILES string of the molecule is C=C(OCCOc1cc2nc(-c3nnc4ccc([C@@H](N5CC[C@H](N)C5)C(F)(F)F)cn34)ccc2cc1F)C(C)(C)CC. The summed E-state index contributed by atoms with van der Waals surface area (Å²) in [4.78, 5) is 5.97. The Balaban J connectivity index is 1.41. The van der Waals surface area contributed by atoms with Crippen LogP contribution in [0.5, 0.6) is 5.75 Å². The smallest absolute Gasteiger partial charge is 0.408 e. The largest absolute Gasteiger partial charge is 0.494 e. The summed E-state index contributed by atoms with van der Waals surface area (Å²) in [5.41, 5.74) is 6.92. The van der Waals surface area contributed by atoms with E-state index in [4.69, 9.17) is 15.2 Å². The van der Waals surface area contributed by atoms with Crippen molar-refractivity contribution in [1.82, 2.24) is 24.5 Å². The van der Waals surface area contributed by atoms with Gasteiger partial charge in [0.15, 0.2) is 23.0 Å². The number of ether oxygens (including phenoxy) is 2. The average molecular weight is 587 g/mol. The Morgan fingerprint density at radius 3 is 2.62 bits per heavy atom. The third-order valence-electron chi connectivity index (χ3n) is 7.90. The van der Waals surface area contributed by atoms with E-state index in [2.05, 4.69) is 21.8 Å². The topological polar surface area (TPSA) is 90.8 Å². The second-order valence-electron chi connectivity index (χ2n) is 11.2. The van der Waals surface area contributed by atoms with Crippen molar-refractivity contribution in [3.63, 3.8) is 0 Å². The Morgan fingerprint density at radius 1 is 1.14 bits per heavy atom. The third kappa shape index (κ3) is 6.05. The van der Waals surface area contributed by atoms with Gasteiger partial charge in [-0.25, -0.2) is 9.37 Å². The monoisotopic (exact) mass is 586 g/mol. The lowest BCUT2D eigenvalue weighted by molar-refractivity contribution is -0.183. The molecule has 0 amide bonds. The molecule has 1 fully saturated rings. The van der Waals surface area contributed by atoms with E-state index >= 15 is 0 Å². The first-order chi connectivity index (χ1) is 19.9. The molecule has 2 atom stereocenters. The van der Waals surface area contributed by atoms with Gasteiger partial charge in [0, 0.05) is 42.2 Å². The number of halogens is 4. The number of hydrogen-bond donors (Lipinski definition) is 1. The van der Waals surface area contributed by atoms with E-state index in [1.807, 2.05) is 20.8 Å². The number of aromatic nitrogens is 4. The van der Waals surface area contributed by atoms with Crippen LogP contribution in [0.15, 0.2) is 54.9 Å². The Kier molecular flexibility index (Phi) is 8.13. The number of likely N-dealkylation sites (tertiary alicyclic amines) is 1. The van der Waals surface area contributed by atoms with E-state index in [0.717, 1.165) is 6.42 Å². The third-order valence-corrected chi connectivity index (χ3v) is 7.90. The van der Waals surface area contributed by atoms with Crippen molar-refractivity contribution in [1.29, 1.82) is 0 Å². The Morgan fingerprint density at radius 2 is 1.93 bits per heavy atom. The van der Waals surface area contributed by atoms with Gasteiger partial charge in [0.25, 0.3) is 0 Å². The molecular formula is C30H34F4N6O2. The van der Waals surface area contributed by atoms with E-state index < -0.39 is 18.0 Å². The summed E-state index contributed by atoms with van der Waals surface area (Å²) in [6.07, 6.45) is -1.75. The Labute approximate surface area is 241 Å². The van der Waals surface area contributed by atoms with Crippen molar-refractivity contribution in [2.45, 2.75) is 51.9 Å². The Bertz CT molecular complexity index is 1600. The molecule has 0 unspecified atom stereocenters. The van der Waals surface area contributed by atoms with Crippen LogP contribution in [0, 0.1) is 11.2 Å². The Hall–Kier alpha value is -3.77. The molecule has 0 radical (unpaired) electrons. The van der Waals surface area contributed by atoms with Crippen molar-refractivity contribution in [2.24, 2.45) is 11.1 Å². The predicted molar refractivity (Wildman–Crippen MR) is 151 cm³/mol. The molecule has 1 saturated heterocycles. The molecule has 5 rings (SSSR count). The van der Waals surface area contributed by atoms with Gasteiger partial charge in [-0.2, -0.15) is 13.2 Å². The van der Waals surface area contributed by atoms with Crippen molar-refractivity contribution in [2.75, 3.05) is 26.3 Å². The summed E-state index contributed by atoms with van der Waals surface area (Å²) >= 11 is 0. The first-order valence-corrected chi connectivity index (χ1v) is 13.8. The zero-order valence-corrected chi connectivity index (χ0v) is 23.8. The highest BCUT2D eigenvalue weighted by molar-refractivity contribution is 5.82. The fourth-order valence-corrected chi connectivity index (χ4v) is 4.97. The molecule has 4 heterocycles. The molecule has 0 saturated carbocycles. The number of fused-ring (bicyclic) bond motifs is 2. The van der Waals surface area contributed by atoms with Crippen LogP contribution >= 0.6 is 0 Å². The number of benzene rings is 1. The second-order valence-corrected chi connectivity index (χ2v) is 11.2. The van der Waals surface area contributed by atoms with Gasteiger partial charge in [0.05, 0.1) is 11.3 Å². The predicted octanol–water partition coefficient (Wildman–Crippen LogP) is 6.07. The number of nitrogens with zero attached hydrogens (tertiary/aromatic N) is 5. The van der Waals surface area contributed by atoms with Crippen molar-refractivity contribution in [3.05, 3.63) is 66.3 Å². The van der Waals surface area contributed by atoms with Crippen molar-refractivity contribution in [3.8, 4) is 17.3 Å². The molecule has 0 spiro atoms. The number of hydrogen-bond acceptors (Lipinski definition) is 7. The maximum absolute atomic E-state index is 14.8. The molecule has 4 aromatic rings. The first-order valence-electron chi connectivity index (χ1n) is 13.8. The zero-order valence-electron chi connectivity index (χ0n) is 23.8. The highest BCUT2D eigenvalue weighted by Crippen LogP contribution is 2.39. The maximum atomic E-state index is 14.8. The van der Waals surface area contributed by atoms with Crippen LogP contribution < -0.4 is 10.5 Å². The van der Waals surface area contributed by atoms with Crippen LogP contribution in [-0.4, -0.2) is 63.0 Å². The van der Waals surface area contributed by atoms with Crippen molar-refractivity contribution >= 4 is 16.6 Å². The normalized spacial score (nSPS) is 17.2. The van der Waals surface area contributed by atoms with Crippen molar-refractivity contribution < 1.29 is 27.0 Å². The second kappa shape index (κ2) is 11.5.